The number of hydrogen-bond donors (Lipinski definition) is 0. The summed E-state index contributed by atoms with van der Waals surface area (Å²) in [5.74, 6) is 0. The Morgan fingerprint density at radius 2 is 1.71 bits per heavy atom. The predicted octanol–water partition coefficient (Wildman–Crippen LogP) is 2.27. The Morgan fingerprint density at radius 1 is 1.05 bits per heavy atom. The highest BCUT2D eigenvalue weighted by Crippen LogP contribution is 2.15. The third-order valence-corrected chi connectivity index (χ3v) is 4.67. The molecule has 1 aromatic carbocycles. The summed E-state index contributed by atoms with van der Waals surface area (Å²) < 4.78 is 0. The van der Waals surface area contributed by atoms with Crippen molar-refractivity contribution in [3.05, 3.63) is 52.0 Å². The fourth-order valence-electron chi connectivity index (χ4n) is 2.59. The van der Waals surface area contributed by atoms with Crippen molar-refractivity contribution in [2.45, 2.75) is 13.1 Å². The quantitative estimate of drug-likeness (QED) is 0.794. The van der Waals surface area contributed by atoms with Gasteiger partial charge < -0.3 is 0 Å². The maximum Gasteiger partial charge on any atom is 0.161 e. The summed E-state index contributed by atoms with van der Waals surface area (Å²) in [5, 5.41) is 1.04. The maximum absolute atomic E-state index is 10.7. The van der Waals surface area contributed by atoms with Crippen LogP contribution in [-0.2, 0) is 13.1 Å². The fourth-order valence-corrected chi connectivity index (χ4v) is 3.37. The van der Waals surface area contributed by atoms with Gasteiger partial charge in [-0.25, -0.2) is 4.98 Å². The molecule has 0 bridgehead atoms. The van der Waals surface area contributed by atoms with Crippen molar-refractivity contribution in [3.63, 3.8) is 0 Å². The van der Waals surface area contributed by atoms with Crippen LogP contribution in [0.25, 0.3) is 0 Å². The average molecular weight is 301 g/mol. The van der Waals surface area contributed by atoms with E-state index in [2.05, 4.69) is 45.1 Å². The summed E-state index contributed by atoms with van der Waals surface area (Å²) in [6, 6.07) is 10.6. The summed E-state index contributed by atoms with van der Waals surface area (Å²) in [6.45, 7) is 6.17. The minimum absolute atomic E-state index is 0.715. The number of benzene rings is 1. The van der Waals surface area contributed by atoms with Crippen LogP contribution in [0.1, 0.15) is 20.2 Å². The molecular weight excluding hydrogens is 282 g/mol. The van der Waals surface area contributed by atoms with Gasteiger partial charge in [0, 0.05) is 38.9 Å². The van der Waals surface area contributed by atoms with E-state index in [-0.39, 0.29) is 0 Å². The molecule has 4 nitrogen and oxygen atoms in total. The zero-order valence-electron chi connectivity index (χ0n) is 11.9. The monoisotopic (exact) mass is 301 g/mol. The number of rotatable bonds is 5. The molecule has 0 amide bonds. The second-order valence-electron chi connectivity index (χ2n) is 5.31. The number of carbonyl (C=O) groups is 1. The fraction of sp³-hybridized carbons (Fsp3) is 0.375. The molecule has 1 aliphatic rings. The molecule has 2 heterocycles. The van der Waals surface area contributed by atoms with Gasteiger partial charge >= 0.3 is 0 Å². The van der Waals surface area contributed by atoms with Gasteiger partial charge in [-0.2, -0.15) is 0 Å². The van der Waals surface area contributed by atoms with Crippen LogP contribution in [0.15, 0.2) is 36.5 Å². The lowest BCUT2D eigenvalue weighted by Gasteiger charge is -2.34. The summed E-state index contributed by atoms with van der Waals surface area (Å²) in [5.41, 5.74) is 1.38. The molecular formula is C16H19N3OS. The Bertz CT molecular complexity index is 576. The second-order valence-corrected chi connectivity index (χ2v) is 6.46. The van der Waals surface area contributed by atoms with Crippen molar-refractivity contribution in [2.75, 3.05) is 26.2 Å². The van der Waals surface area contributed by atoms with Gasteiger partial charge in [-0.05, 0) is 5.56 Å². The van der Waals surface area contributed by atoms with Gasteiger partial charge in [0.2, 0.25) is 0 Å². The smallest absolute Gasteiger partial charge is 0.161 e. The van der Waals surface area contributed by atoms with E-state index < -0.39 is 0 Å². The number of hydrogen-bond acceptors (Lipinski definition) is 5. The maximum atomic E-state index is 10.7. The molecule has 5 heteroatoms. The van der Waals surface area contributed by atoms with Crippen LogP contribution in [0, 0.1) is 0 Å². The number of thiazole rings is 1. The van der Waals surface area contributed by atoms with Crippen LogP contribution in [0.5, 0.6) is 0 Å². The van der Waals surface area contributed by atoms with Crippen LogP contribution in [-0.4, -0.2) is 47.2 Å². The first-order valence-corrected chi connectivity index (χ1v) is 8.03. The third kappa shape index (κ3) is 3.97. The zero-order valence-corrected chi connectivity index (χ0v) is 12.8. The number of piperazine rings is 1. The van der Waals surface area contributed by atoms with E-state index in [4.69, 9.17) is 0 Å². The van der Waals surface area contributed by atoms with E-state index in [1.54, 1.807) is 6.20 Å². The zero-order chi connectivity index (χ0) is 14.5. The number of nitrogens with zero attached hydrogens (tertiary/aromatic N) is 3. The Labute approximate surface area is 129 Å². The molecule has 0 radical (unpaired) electrons. The van der Waals surface area contributed by atoms with E-state index in [1.165, 1.54) is 16.9 Å². The molecule has 2 aromatic rings. The van der Waals surface area contributed by atoms with Gasteiger partial charge in [-0.3, -0.25) is 14.6 Å². The second kappa shape index (κ2) is 6.93. The lowest BCUT2D eigenvalue weighted by molar-refractivity contribution is 0.112. The molecule has 21 heavy (non-hydrogen) atoms. The first kappa shape index (κ1) is 14.4. The van der Waals surface area contributed by atoms with Crippen LogP contribution < -0.4 is 0 Å². The number of aldehydes is 1. The Hall–Kier alpha value is -1.56. The van der Waals surface area contributed by atoms with Gasteiger partial charge in [0.15, 0.2) is 6.29 Å². The van der Waals surface area contributed by atoms with Crippen molar-refractivity contribution in [2.24, 2.45) is 0 Å². The summed E-state index contributed by atoms with van der Waals surface area (Å²) in [4.78, 5) is 20.6. The van der Waals surface area contributed by atoms with E-state index in [0.717, 1.165) is 50.6 Å². The van der Waals surface area contributed by atoms with Crippen LogP contribution in [0.2, 0.25) is 0 Å². The van der Waals surface area contributed by atoms with Crippen molar-refractivity contribution in [1.82, 2.24) is 14.8 Å². The summed E-state index contributed by atoms with van der Waals surface area (Å²) in [7, 11) is 0. The van der Waals surface area contributed by atoms with Gasteiger partial charge in [0.25, 0.3) is 0 Å². The molecule has 0 unspecified atom stereocenters. The van der Waals surface area contributed by atoms with Crippen molar-refractivity contribution >= 4 is 17.6 Å². The number of aromatic nitrogens is 1. The van der Waals surface area contributed by atoms with Crippen LogP contribution >= 0.6 is 11.3 Å². The van der Waals surface area contributed by atoms with E-state index in [9.17, 15) is 4.79 Å². The lowest BCUT2D eigenvalue weighted by Crippen LogP contribution is -2.45. The predicted molar refractivity (Wildman–Crippen MR) is 84.5 cm³/mol. The molecule has 1 fully saturated rings. The molecule has 1 aliphatic heterocycles. The van der Waals surface area contributed by atoms with E-state index in [1.807, 2.05) is 0 Å². The highest BCUT2D eigenvalue weighted by atomic mass is 32.1. The highest BCUT2D eigenvalue weighted by molar-refractivity contribution is 7.13. The molecule has 0 aliphatic carbocycles. The van der Waals surface area contributed by atoms with Crippen molar-refractivity contribution < 1.29 is 4.79 Å². The SMILES string of the molecule is O=Cc1cnc(CN2CCN(Cc3ccccc3)CC2)s1. The number of carbonyl (C=O) groups excluding carboxylic acids is 1. The average Bonchev–Trinajstić information content (AvgIpc) is 2.98. The molecule has 0 spiro atoms. The van der Waals surface area contributed by atoms with Gasteiger partial charge in [0.1, 0.15) is 5.01 Å². The molecule has 3 rings (SSSR count). The lowest BCUT2D eigenvalue weighted by atomic mass is 10.2. The van der Waals surface area contributed by atoms with Crippen molar-refractivity contribution in [1.29, 1.82) is 0 Å². The van der Waals surface area contributed by atoms with Crippen LogP contribution in [0.4, 0.5) is 0 Å². The normalized spacial score (nSPS) is 17.0. The Morgan fingerprint density at radius 3 is 2.33 bits per heavy atom. The standard InChI is InChI=1S/C16H19N3OS/c20-13-15-10-17-16(21-15)12-19-8-6-18(7-9-19)11-14-4-2-1-3-5-14/h1-5,10,13H,6-9,11-12H2. The Kier molecular flexibility index (Phi) is 4.75. The molecule has 0 N–H and O–H groups in total. The van der Waals surface area contributed by atoms with E-state index in [0.29, 0.717) is 4.88 Å². The summed E-state index contributed by atoms with van der Waals surface area (Å²) in [6.07, 6.45) is 2.54. The Balaban J connectivity index is 1.47. The minimum atomic E-state index is 0.715. The summed E-state index contributed by atoms with van der Waals surface area (Å²) >= 11 is 1.50. The molecule has 110 valence electrons. The molecule has 1 aromatic heterocycles. The van der Waals surface area contributed by atoms with Crippen LogP contribution in [0.3, 0.4) is 0 Å². The highest BCUT2D eigenvalue weighted by Gasteiger charge is 2.18. The topological polar surface area (TPSA) is 36.4 Å². The molecule has 0 saturated carbocycles. The minimum Gasteiger partial charge on any atom is -0.297 e. The largest absolute Gasteiger partial charge is 0.297 e. The van der Waals surface area contributed by atoms with Gasteiger partial charge in [0.05, 0.1) is 11.4 Å². The first-order valence-electron chi connectivity index (χ1n) is 7.22. The molecule has 1 saturated heterocycles. The molecule has 0 atom stereocenters. The van der Waals surface area contributed by atoms with E-state index >= 15 is 0 Å². The van der Waals surface area contributed by atoms with Crippen molar-refractivity contribution in [3.8, 4) is 0 Å². The first-order chi connectivity index (χ1) is 10.3. The van der Waals surface area contributed by atoms with Gasteiger partial charge in [-0.1, -0.05) is 30.3 Å². The third-order valence-electron chi connectivity index (χ3n) is 3.76. The van der Waals surface area contributed by atoms with Gasteiger partial charge in [-0.15, -0.1) is 11.3 Å².